The van der Waals surface area contributed by atoms with Crippen LogP contribution in [0.2, 0.25) is 0 Å². The molecule has 0 atom stereocenters. The van der Waals surface area contributed by atoms with E-state index < -0.39 is 0 Å². The van der Waals surface area contributed by atoms with E-state index in [-0.39, 0.29) is 0 Å². The summed E-state index contributed by atoms with van der Waals surface area (Å²) in [7, 11) is 1.55. The van der Waals surface area contributed by atoms with Gasteiger partial charge in [0.2, 0.25) is 5.88 Å². The molecule has 14 heavy (non-hydrogen) atoms. The van der Waals surface area contributed by atoms with Crippen molar-refractivity contribution in [2.75, 3.05) is 7.11 Å². The van der Waals surface area contributed by atoms with Crippen molar-refractivity contribution in [1.82, 2.24) is 9.97 Å². The molecule has 0 spiro atoms. The van der Waals surface area contributed by atoms with Crippen LogP contribution in [-0.4, -0.2) is 23.4 Å². The number of aldehydes is 1. The van der Waals surface area contributed by atoms with Crippen molar-refractivity contribution in [1.29, 1.82) is 0 Å². The molecule has 0 aliphatic rings. The quantitative estimate of drug-likeness (QED) is 0.681. The van der Waals surface area contributed by atoms with Gasteiger partial charge in [-0.2, -0.15) is 0 Å². The van der Waals surface area contributed by atoms with E-state index in [2.05, 4.69) is 23.8 Å². The lowest BCUT2D eigenvalue weighted by Gasteiger charge is -2.08. The van der Waals surface area contributed by atoms with E-state index in [0.717, 1.165) is 12.1 Å². The summed E-state index contributed by atoms with van der Waals surface area (Å²) in [5.74, 6) is 0.962. The van der Waals surface area contributed by atoms with Crippen LogP contribution in [0.1, 0.15) is 30.0 Å². The number of nitrogens with zero attached hydrogens (tertiary/aromatic N) is 2. The standard InChI is InChI=1S/C10H14N2O2/c1-7(2)4-9-10(14-3)11-5-8(6-13)12-9/h5-7H,4H2,1-3H3. The predicted octanol–water partition coefficient (Wildman–Crippen LogP) is 1.50. The Morgan fingerprint density at radius 2 is 2.29 bits per heavy atom. The van der Waals surface area contributed by atoms with Gasteiger partial charge in [-0.15, -0.1) is 0 Å². The number of carbonyl (C=O) groups is 1. The molecule has 1 aromatic heterocycles. The number of hydrogen-bond acceptors (Lipinski definition) is 4. The van der Waals surface area contributed by atoms with Gasteiger partial charge >= 0.3 is 0 Å². The van der Waals surface area contributed by atoms with E-state index in [1.807, 2.05) is 0 Å². The molecule has 1 aromatic rings. The Labute approximate surface area is 83.3 Å². The molecule has 0 saturated carbocycles. The SMILES string of the molecule is COc1ncc(C=O)nc1CC(C)C. The van der Waals surface area contributed by atoms with Crippen molar-refractivity contribution in [3.05, 3.63) is 17.6 Å². The molecule has 0 fully saturated rings. The second kappa shape index (κ2) is 4.69. The summed E-state index contributed by atoms with van der Waals surface area (Å²) in [6.45, 7) is 4.16. The van der Waals surface area contributed by atoms with Crippen LogP contribution in [0.15, 0.2) is 6.20 Å². The van der Waals surface area contributed by atoms with Gasteiger partial charge in [0.15, 0.2) is 6.29 Å². The molecule has 4 nitrogen and oxygen atoms in total. The summed E-state index contributed by atoms with van der Waals surface area (Å²) in [5.41, 5.74) is 1.09. The number of aromatic nitrogens is 2. The summed E-state index contributed by atoms with van der Waals surface area (Å²) in [4.78, 5) is 18.7. The molecule has 1 heterocycles. The van der Waals surface area contributed by atoms with Gasteiger partial charge in [-0.3, -0.25) is 4.79 Å². The maximum absolute atomic E-state index is 10.5. The fourth-order valence-electron chi connectivity index (χ4n) is 1.18. The lowest BCUT2D eigenvalue weighted by molar-refractivity contribution is 0.111. The van der Waals surface area contributed by atoms with Crippen LogP contribution in [0.5, 0.6) is 5.88 Å². The molecule has 0 aliphatic heterocycles. The second-order valence-electron chi connectivity index (χ2n) is 3.47. The molecule has 0 bridgehead atoms. The topological polar surface area (TPSA) is 52.1 Å². The molecular formula is C10H14N2O2. The van der Waals surface area contributed by atoms with Gasteiger partial charge in [0.25, 0.3) is 0 Å². The van der Waals surface area contributed by atoms with Crippen LogP contribution in [0, 0.1) is 5.92 Å². The highest BCUT2D eigenvalue weighted by molar-refractivity contribution is 5.71. The van der Waals surface area contributed by atoms with Crippen LogP contribution in [0.25, 0.3) is 0 Å². The van der Waals surface area contributed by atoms with Crippen molar-refractivity contribution in [2.24, 2.45) is 5.92 Å². The Morgan fingerprint density at radius 3 is 2.79 bits per heavy atom. The first-order valence-electron chi connectivity index (χ1n) is 4.52. The molecule has 0 saturated heterocycles. The highest BCUT2D eigenvalue weighted by Gasteiger charge is 2.09. The smallest absolute Gasteiger partial charge is 0.235 e. The molecule has 0 unspecified atom stereocenters. The summed E-state index contributed by atoms with van der Waals surface area (Å²) in [5, 5.41) is 0. The number of methoxy groups -OCH3 is 1. The summed E-state index contributed by atoms with van der Waals surface area (Å²) < 4.78 is 5.06. The number of hydrogen-bond donors (Lipinski definition) is 0. The van der Waals surface area contributed by atoms with E-state index in [0.29, 0.717) is 23.8 Å². The number of carbonyl (C=O) groups excluding carboxylic acids is 1. The maximum Gasteiger partial charge on any atom is 0.235 e. The summed E-state index contributed by atoms with van der Waals surface area (Å²) in [6.07, 6.45) is 2.86. The third kappa shape index (κ3) is 2.52. The predicted molar refractivity (Wildman–Crippen MR) is 52.5 cm³/mol. The minimum atomic E-state index is 0.349. The summed E-state index contributed by atoms with van der Waals surface area (Å²) >= 11 is 0. The Bertz CT molecular complexity index is 324. The Hall–Kier alpha value is -1.45. The number of rotatable bonds is 4. The van der Waals surface area contributed by atoms with Crippen molar-refractivity contribution in [3.8, 4) is 5.88 Å². The lowest BCUT2D eigenvalue weighted by atomic mass is 10.1. The van der Waals surface area contributed by atoms with Crippen molar-refractivity contribution in [3.63, 3.8) is 0 Å². The van der Waals surface area contributed by atoms with Crippen molar-refractivity contribution < 1.29 is 9.53 Å². The molecule has 0 aromatic carbocycles. The third-order valence-corrected chi connectivity index (χ3v) is 1.74. The molecule has 0 N–H and O–H groups in total. The van der Waals surface area contributed by atoms with Gasteiger partial charge in [-0.05, 0) is 12.3 Å². The monoisotopic (exact) mass is 194 g/mol. The molecular weight excluding hydrogens is 180 g/mol. The van der Waals surface area contributed by atoms with E-state index in [9.17, 15) is 4.79 Å². The van der Waals surface area contributed by atoms with Crippen molar-refractivity contribution >= 4 is 6.29 Å². The Morgan fingerprint density at radius 1 is 1.57 bits per heavy atom. The van der Waals surface area contributed by atoms with Gasteiger partial charge in [0, 0.05) is 0 Å². The molecule has 0 radical (unpaired) electrons. The number of ether oxygens (including phenoxy) is 1. The average Bonchev–Trinajstić information content (AvgIpc) is 2.16. The Kier molecular flexibility index (Phi) is 3.56. The van der Waals surface area contributed by atoms with Crippen LogP contribution in [-0.2, 0) is 6.42 Å². The summed E-state index contributed by atoms with van der Waals surface area (Å²) in [6, 6.07) is 0. The highest BCUT2D eigenvalue weighted by atomic mass is 16.5. The van der Waals surface area contributed by atoms with Gasteiger partial charge in [-0.1, -0.05) is 13.8 Å². The van der Waals surface area contributed by atoms with Gasteiger partial charge < -0.3 is 4.74 Å². The molecule has 0 aliphatic carbocycles. The molecule has 1 rings (SSSR count). The van der Waals surface area contributed by atoms with Gasteiger partial charge in [0.1, 0.15) is 11.4 Å². The minimum absolute atomic E-state index is 0.349. The zero-order valence-electron chi connectivity index (χ0n) is 8.65. The fourth-order valence-corrected chi connectivity index (χ4v) is 1.18. The Balaban J connectivity index is 3.01. The van der Waals surface area contributed by atoms with Crippen LogP contribution < -0.4 is 4.74 Å². The van der Waals surface area contributed by atoms with E-state index in [1.165, 1.54) is 6.20 Å². The van der Waals surface area contributed by atoms with Crippen LogP contribution in [0.4, 0.5) is 0 Å². The van der Waals surface area contributed by atoms with E-state index in [1.54, 1.807) is 7.11 Å². The molecule has 0 amide bonds. The first-order valence-corrected chi connectivity index (χ1v) is 4.52. The van der Waals surface area contributed by atoms with E-state index >= 15 is 0 Å². The second-order valence-corrected chi connectivity index (χ2v) is 3.47. The fraction of sp³-hybridized carbons (Fsp3) is 0.500. The first kappa shape index (κ1) is 10.6. The third-order valence-electron chi connectivity index (χ3n) is 1.74. The van der Waals surface area contributed by atoms with Crippen LogP contribution in [0.3, 0.4) is 0 Å². The lowest BCUT2D eigenvalue weighted by Crippen LogP contribution is -2.05. The first-order chi connectivity index (χ1) is 6.67. The van der Waals surface area contributed by atoms with Crippen LogP contribution >= 0.6 is 0 Å². The maximum atomic E-state index is 10.5. The molecule has 4 heteroatoms. The van der Waals surface area contributed by atoms with Crippen molar-refractivity contribution in [2.45, 2.75) is 20.3 Å². The molecule has 76 valence electrons. The normalized spacial score (nSPS) is 10.3. The minimum Gasteiger partial charge on any atom is -0.480 e. The zero-order chi connectivity index (χ0) is 10.6. The van der Waals surface area contributed by atoms with Gasteiger partial charge in [-0.25, -0.2) is 9.97 Å². The largest absolute Gasteiger partial charge is 0.480 e. The zero-order valence-corrected chi connectivity index (χ0v) is 8.65. The van der Waals surface area contributed by atoms with E-state index in [4.69, 9.17) is 4.74 Å². The average molecular weight is 194 g/mol. The highest BCUT2D eigenvalue weighted by Crippen LogP contribution is 2.15. The van der Waals surface area contributed by atoms with Gasteiger partial charge in [0.05, 0.1) is 13.3 Å².